The minimum atomic E-state index is -7.26. The first-order valence-electron chi connectivity index (χ1n) is 18.3. The van der Waals surface area contributed by atoms with Crippen molar-refractivity contribution < 1.29 is 158 Å². The molecule has 0 aliphatic carbocycles. The van der Waals surface area contributed by atoms with E-state index in [0.29, 0.717) is 30.4 Å². The Bertz CT molecular complexity index is 1990. The molecule has 0 bridgehead atoms. The molecule has 0 spiro atoms. The predicted octanol–water partition coefficient (Wildman–Crippen LogP) is 7.57. The Kier molecular flexibility index (Phi) is 28.4. The van der Waals surface area contributed by atoms with Crippen molar-refractivity contribution in [3.8, 4) is 0 Å². The maximum absolute atomic E-state index is 15.0. The molecule has 0 aromatic rings. The van der Waals surface area contributed by atoms with Crippen LogP contribution in [0, 0.1) is 0 Å². The zero-order valence-corrected chi connectivity index (χ0v) is 35.9. The van der Waals surface area contributed by atoms with Crippen LogP contribution in [0.4, 0.5) is 65.9 Å². The number of ether oxygens (including phenoxy) is 7. The smallest absolute Gasteiger partial charge is 0.459 e. The second-order valence-corrected chi connectivity index (χ2v) is 12.6. The van der Waals surface area contributed by atoms with E-state index in [-0.39, 0.29) is 0 Å². The van der Waals surface area contributed by atoms with E-state index in [1.54, 1.807) is 0 Å². The zero-order valence-electron chi connectivity index (χ0n) is 35.9. The van der Waals surface area contributed by atoms with Crippen LogP contribution >= 0.6 is 0 Å². The van der Waals surface area contributed by atoms with Gasteiger partial charge in [-0.15, -0.1) is 0 Å². The number of carbonyl (C=O) groups excluding carboxylic acids is 5. The summed E-state index contributed by atoms with van der Waals surface area (Å²) in [4.78, 5) is 69.3. The molecule has 0 fully saturated rings. The first-order valence-corrected chi connectivity index (χ1v) is 18.3. The van der Waals surface area contributed by atoms with Gasteiger partial charge in [-0.3, -0.25) is 0 Å². The molecule has 0 aliphatic heterocycles. The van der Waals surface area contributed by atoms with Crippen LogP contribution in [0.15, 0.2) is 110 Å². The van der Waals surface area contributed by atoms with Gasteiger partial charge < -0.3 is 33.2 Å². The lowest BCUT2D eigenvalue weighted by Crippen LogP contribution is -2.59. The number of esters is 5. The van der Waals surface area contributed by atoms with Gasteiger partial charge in [-0.05, 0) is 31.6 Å². The molecule has 1 unspecified atom stereocenters. The molecule has 19 nitrogen and oxygen atoms in total. The standard InChI is InChI=1S/C38H35F15O19/c1-6-22(54)59-15-34(16-60-23(55)7-2,17-61-24(56)8-3)67-35(18-62-25(57)9-4,19-63-26(58)10-5)20-66-69-71-72-70-68-65-13-11-12-64-36(48,37(49,50)38(51,52)53)33(47)32(46)31(45)30(44)29(43)28(42)27(41)21(40)14-39/h6-10H,1-5,11-20H2/b27-21+,29-28+,31-30+,33-32+. The largest absolute Gasteiger partial charge is 0.460 e. The van der Waals surface area contributed by atoms with Gasteiger partial charge in [0.25, 0.3) is 0 Å². The molecule has 406 valence electrons. The number of halogens is 15. The lowest BCUT2D eigenvalue weighted by atomic mass is 10.0. The average Bonchev–Trinajstić information content (AvgIpc) is 3.36. The quantitative estimate of drug-likeness (QED) is 0.00864. The molecule has 0 rings (SSSR count). The molecule has 0 radical (unpaired) electrons. The molecule has 0 aliphatic rings. The minimum absolute atomic E-state index is 0.620. The van der Waals surface area contributed by atoms with Gasteiger partial charge in [0.15, 0.2) is 34.5 Å². The predicted molar refractivity (Wildman–Crippen MR) is 198 cm³/mol. The van der Waals surface area contributed by atoms with Gasteiger partial charge in [0, 0.05) is 30.4 Å². The van der Waals surface area contributed by atoms with Crippen LogP contribution < -0.4 is 0 Å². The van der Waals surface area contributed by atoms with E-state index in [2.05, 4.69) is 67.7 Å². The van der Waals surface area contributed by atoms with E-state index >= 15 is 4.39 Å². The summed E-state index contributed by atoms with van der Waals surface area (Å²) in [6.07, 6.45) is -5.31. The summed E-state index contributed by atoms with van der Waals surface area (Å²) < 4.78 is 239. The highest BCUT2D eigenvalue weighted by Gasteiger charge is 2.75. The Morgan fingerprint density at radius 1 is 0.431 bits per heavy atom. The Labute approximate surface area is 392 Å². The molecule has 0 N–H and O–H groups in total. The van der Waals surface area contributed by atoms with Crippen molar-refractivity contribution >= 4 is 29.8 Å². The SMILES string of the molecule is C=CC(=O)OCC(COOOOOOOCCCOC(F)(/C(F)=C(F)/C(F)=C(F)/C(F)=C(F)/C(F)=C(\F)CF)C(F)(F)C(F)(F)F)(COC(=O)C=C)OC(COC(=O)C=C)(COC(=O)C=C)COC(=O)C=C. The van der Waals surface area contributed by atoms with E-state index < -0.39 is 172 Å². The van der Waals surface area contributed by atoms with E-state index in [1.165, 1.54) is 0 Å². The van der Waals surface area contributed by atoms with Gasteiger partial charge >= 0.3 is 47.8 Å². The van der Waals surface area contributed by atoms with Crippen LogP contribution in [0.25, 0.3) is 0 Å². The van der Waals surface area contributed by atoms with Gasteiger partial charge in [-0.25, -0.2) is 73.3 Å². The number of allylic oxidation sites excluding steroid dienone is 7. The highest BCUT2D eigenvalue weighted by molar-refractivity contribution is 5.83. The second-order valence-electron chi connectivity index (χ2n) is 12.6. The van der Waals surface area contributed by atoms with Crippen molar-refractivity contribution in [3.05, 3.63) is 110 Å². The monoisotopic (exact) mass is 1080 g/mol. The number of rotatable bonds is 36. The van der Waals surface area contributed by atoms with Crippen molar-refractivity contribution in [2.24, 2.45) is 0 Å². The highest BCUT2D eigenvalue weighted by Crippen LogP contribution is 2.51. The number of hydrogen-bond donors (Lipinski definition) is 0. The molecular weight excluding hydrogens is 1050 g/mol. The summed E-state index contributed by atoms with van der Waals surface area (Å²) in [6, 6.07) is 0. The Morgan fingerprint density at radius 2 is 0.764 bits per heavy atom. The lowest BCUT2D eigenvalue weighted by molar-refractivity contribution is -0.790. The molecule has 0 aromatic heterocycles. The summed E-state index contributed by atoms with van der Waals surface area (Å²) in [5.41, 5.74) is -4.90. The third-order valence-electron chi connectivity index (χ3n) is 7.41. The zero-order chi connectivity index (χ0) is 55.5. The summed E-state index contributed by atoms with van der Waals surface area (Å²) in [7, 11) is 0. The molecule has 0 saturated heterocycles. The van der Waals surface area contributed by atoms with Crippen molar-refractivity contribution in [2.45, 2.75) is 35.6 Å². The van der Waals surface area contributed by atoms with E-state index in [0.717, 1.165) is 0 Å². The molecule has 1 atom stereocenters. The molecule has 0 aromatic carbocycles. The first kappa shape index (κ1) is 65.6. The van der Waals surface area contributed by atoms with E-state index in [9.17, 15) is 85.4 Å². The molecule has 34 heteroatoms. The molecular formula is C38H35F15O19. The van der Waals surface area contributed by atoms with Gasteiger partial charge in [-0.2, -0.15) is 26.3 Å². The van der Waals surface area contributed by atoms with Gasteiger partial charge in [0.1, 0.15) is 46.3 Å². The van der Waals surface area contributed by atoms with Gasteiger partial charge in [0.2, 0.25) is 23.3 Å². The summed E-state index contributed by atoms with van der Waals surface area (Å²) >= 11 is 0. The fourth-order valence-corrected chi connectivity index (χ4v) is 4.04. The third kappa shape index (κ3) is 20.4. The minimum Gasteiger partial charge on any atom is -0.459 e. The van der Waals surface area contributed by atoms with Crippen LogP contribution in [-0.4, -0.2) is 119 Å². The Balaban J connectivity index is 6.21. The molecule has 0 heterocycles. The third-order valence-corrected chi connectivity index (χ3v) is 7.41. The highest BCUT2D eigenvalue weighted by atomic mass is 19.4. The van der Waals surface area contributed by atoms with Crippen molar-refractivity contribution in [1.29, 1.82) is 0 Å². The molecule has 0 saturated carbocycles. The average molecular weight is 1080 g/mol. The summed E-state index contributed by atoms with van der Waals surface area (Å²) in [6.45, 7) is 3.66. The van der Waals surface area contributed by atoms with Crippen LogP contribution in [0.5, 0.6) is 0 Å². The number of hydrogen-bond acceptors (Lipinski definition) is 19. The van der Waals surface area contributed by atoms with Crippen molar-refractivity contribution in [2.75, 3.05) is 59.5 Å². The van der Waals surface area contributed by atoms with E-state index in [1.807, 2.05) is 0 Å². The number of alkyl halides is 7. The van der Waals surface area contributed by atoms with Crippen molar-refractivity contribution in [1.82, 2.24) is 0 Å². The van der Waals surface area contributed by atoms with Crippen LogP contribution in [0.1, 0.15) is 6.42 Å². The Hall–Kier alpha value is -6.40. The van der Waals surface area contributed by atoms with Crippen LogP contribution in [-0.2, 0) is 92.1 Å². The maximum Gasteiger partial charge on any atom is 0.460 e. The Morgan fingerprint density at radius 3 is 1.12 bits per heavy atom. The summed E-state index contributed by atoms with van der Waals surface area (Å²) in [5, 5.41) is 19.4. The van der Waals surface area contributed by atoms with Gasteiger partial charge in [0.05, 0.1) is 13.2 Å². The fraction of sp³-hybridized carbons (Fsp3) is 0.395. The van der Waals surface area contributed by atoms with Gasteiger partial charge in [-0.1, -0.05) is 32.9 Å². The molecule has 0 amide bonds. The first-order chi connectivity index (χ1) is 33.5. The molecule has 72 heavy (non-hydrogen) atoms. The maximum atomic E-state index is 15.0. The topological polar surface area (TPSA) is 215 Å². The van der Waals surface area contributed by atoms with Crippen LogP contribution in [0.2, 0.25) is 0 Å². The number of carbonyl (C=O) groups is 5. The second kappa shape index (κ2) is 31.1. The summed E-state index contributed by atoms with van der Waals surface area (Å²) in [5.74, 6) is -49.1. The fourth-order valence-electron chi connectivity index (χ4n) is 4.04. The van der Waals surface area contributed by atoms with Crippen LogP contribution in [0.3, 0.4) is 0 Å². The lowest BCUT2D eigenvalue weighted by Gasteiger charge is -2.41. The van der Waals surface area contributed by atoms with Crippen molar-refractivity contribution in [3.63, 3.8) is 0 Å². The normalized spacial score (nSPS) is 14.4. The van der Waals surface area contributed by atoms with E-state index in [4.69, 9.17) is 33.3 Å².